The molecule has 0 atom stereocenters. The Bertz CT molecular complexity index is 965. The Kier molecular flexibility index (Phi) is 6.37. The van der Waals surface area contributed by atoms with Crippen LogP contribution < -0.4 is 20.1 Å². The summed E-state index contributed by atoms with van der Waals surface area (Å²) in [5.74, 6) is 2.08. The fourth-order valence-corrected chi connectivity index (χ4v) is 2.90. The number of rotatable bonds is 7. The van der Waals surface area contributed by atoms with E-state index in [2.05, 4.69) is 38.0 Å². The number of imidazole rings is 1. The number of guanidine groups is 1. The van der Waals surface area contributed by atoms with Crippen molar-refractivity contribution in [1.29, 1.82) is 0 Å². The lowest BCUT2D eigenvalue weighted by molar-refractivity contribution is 0.311. The quantitative estimate of drug-likeness (QED) is 0.483. The van der Waals surface area contributed by atoms with E-state index in [4.69, 9.17) is 9.47 Å². The third-order valence-corrected chi connectivity index (χ3v) is 4.22. The van der Waals surface area contributed by atoms with Gasteiger partial charge in [-0.05, 0) is 45.0 Å². The lowest BCUT2D eigenvalue weighted by atomic mass is 10.2. The number of benzene rings is 1. The van der Waals surface area contributed by atoms with Crippen LogP contribution in [0.25, 0.3) is 5.65 Å². The van der Waals surface area contributed by atoms with Crippen LogP contribution >= 0.6 is 0 Å². The van der Waals surface area contributed by atoms with E-state index in [1.165, 1.54) is 0 Å². The van der Waals surface area contributed by atoms with Gasteiger partial charge in [0.15, 0.2) is 17.5 Å². The van der Waals surface area contributed by atoms with E-state index in [9.17, 15) is 0 Å². The number of methoxy groups -OCH3 is 1. The number of ether oxygens (including phenoxy) is 2. The Morgan fingerprint density at radius 1 is 1.18 bits per heavy atom. The van der Waals surface area contributed by atoms with Crippen LogP contribution in [0.2, 0.25) is 0 Å². The number of hydrogen-bond donors (Lipinski definition) is 2. The van der Waals surface area contributed by atoms with Crippen LogP contribution in [0, 0.1) is 6.92 Å². The molecule has 148 valence electrons. The van der Waals surface area contributed by atoms with E-state index in [-0.39, 0.29) is 0 Å². The van der Waals surface area contributed by atoms with Crippen molar-refractivity contribution in [3.05, 3.63) is 54.0 Å². The summed E-state index contributed by atoms with van der Waals surface area (Å²) in [6, 6.07) is 11.8. The number of nitrogens with one attached hydrogen (secondary N) is 2. The van der Waals surface area contributed by atoms with Crippen molar-refractivity contribution in [2.24, 2.45) is 4.99 Å². The van der Waals surface area contributed by atoms with Gasteiger partial charge in [-0.3, -0.25) is 0 Å². The molecule has 0 unspecified atom stereocenters. The van der Waals surface area contributed by atoms with Gasteiger partial charge in [0.2, 0.25) is 0 Å². The topological polar surface area (TPSA) is 72.2 Å². The molecule has 2 aromatic heterocycles. The number of aliphatic imine (C=N–C) groups is 1. The number of hydrogen-bond acceptors (Lipinski definition) is 4. The second kappa shape index (κ2) is 9.12. The van der Waals surface area contributed by atoms with E-state index in [1.807, 2.05) is 50.4 Å². The molecule has 0 saturated carbocycles. The summed E-state index contributed by atoms with van der Waals surface area (Å²) in [7, 11) is 1.63. The third kappa shape index (κ3) is 4.54. The molecule has 28 heavy (non-hydrogen) atoms. The molecule has 2 N–H and O–H groups in total. The van der Waals surface area contributed by atoms with Gasteiger partial charge in [-0.25, -0.2) is 9.98 Å². The predicted molar refractivity (Wildman–Crippen MR) is 113 cm³/mol. The van der Waals surface area contributed by atoms with E-state index >= 15 is 0 Å². The molecule has 2 heterocycles. The summed E-state index contributed by atoms with van der Waals surface area (Å²) < 4.78 is 13.1. The molecule has 0 amide bonds. The van der Waals surface area contributed by atoms with Gasteiger partial charge in [0.05, 0.1) is 26.0 Å². The molecule has 0 saturated heterocycles. The maximum atomic E-state index is 5.65. The van der Waals surface area contributed by atoms with Crippen molar-refractivity contribution in [3.8, 4) is 11.5 Å². The van der Waals surface area contributed by atoms with Crippen LogP contribution in [0.3, 0.4) is 0 Å². The summed E-state index contributed by atoms with van der Waals surface area (Å²) >= 11 is 0. The molecule has 0 aliphatic carbocycles. The van der Waals surface area contributed by atoms with Crippen molar-refractivity contribution in [2.45, 2.75) is 27.3 Å². The average Bonchev–Trinajstić information content (AvgIpc) is 3.11. The van der Waals surface area contributed by atoms with E-state index in [0.29, 0.717) is 30.6 Å². The van der Waals surface area contributed by atoms with Crippen molar-refractivity contribution in [1.82, 2.24) is 14.7 Å². The standard InChI is InChI=1S/C21H27N5O2/c1-5-22-21(25-16-10-11-18(27-4)19(12-16)28-6-2)23-13-17-14-26-15(3)8-7-9-20(26)24-17/h7-12,14H,5-6,13H2,1-4H3,(H2,22,23,25). The molecule has 1 aromatic carbocycles. The van der Waals surface area contributed by atoms with Crippen LogP contribution in [-0.2, 0) is 6.54 Å². The molecule has 3 rings (SSSR count). The SMILES string of the molecule is CCNC(=NCc1cn2c(C)cccc2n1)Nc1ccc(OC)c(OCC)c1. The lowest BCUT2D eigenvalue weighted by Crippen LogP contribution is -2.30. The van der Waals surface area contributed by atoms with Crippen molar-refractivity contribution in [3.63, 3.8) is 0 Å². The maximum absolute atomic E-state index is 5.65. The Morgan fingerprint density at radius 3 is 2.75 bits per heavy atom. The largest absolute Gasteiger partial charge is 0.493 e. The van der Waals surface area contributed by atoms with Crippen LogP contribution in [-0.4, -0.2) is 35.6 Å². The van der Waals surface area contributed by atoms with Crippen molar-refractivity contribution in [2.75, 3.05) is 25.6 Å². The number of aromatic nitrogens is 2. The molecule has 7 nitrogen and oxygen atoms in total. The minimum atomic E-state index is 0.477. The van der Waals surface area contributed by atoms with Gasteiger partial charge in [0.1, 0.15) is 5.65 Å². The van der Waals surface area contributed by atoms with Gasteiger partial charge < -0.3 is 24.5 Å². The molecule has 7 heteroatoms. The number of nitrogens with zero attached hydrogens (tertiary/aromatic N) is 3. The first kappa shape index (κ1) is 19.5. The minimum Gasteiger partial charge on any atom is -0.493 e. The van der Waals surface area contributed by atoms with Crippen LogP contribution in [0.1, 0.15) is 25.2 Å². The van der Waals surface area contributed by atoms with Gasteiger partial charge in [0.25, 0.3) is 0 Å². The summed E-state index contributed by atoms with van der Waals surface area (Å²) in [6.45, 7) is 7.84. The summed E-state index contributed by atoms with van der Waals surface area (Å²) in [5, 5.41) is 6.57. The number of anilines is 1. The molecular weight excluding hydrogens is 354 g/mol. The van der Waals surface area contributed by atoms with Gasteiger partial charge in [-0.2, -0.15) is 0 Å². The van der Waals surface area contributed by atoms with E-state index in [1.54, 1.807) is 7.11 Å². The second-order valence-electron chi connectivity index (χ2n) is 6.25. The Morgan fingerprint density at radius 2 is 2.04 bits per heavy atom. The highest BCUT2D eigenvalue weighted by Crippen LogP contribution is 2.30. The van der Waals surface area contributed by atoms with E-state index < -0.39 is 0 Å². The second-order valence-corrected chi connectivity index (χ2v) is 6.25. The van der Waals surface area contributed by atoms with Gasteiger partial charge >= 0.3 is 0 Å². The van der Waals surface area contributed by atoms with Crippen molar-refractivity contribution >= 4 is 17.3 Å². The molecule has 0 aliphatic rings. The van der Waals surface area contributed by atoms with E-state index in [0.717, 1.165) is 29.3 Å². The maximum Gasteiger partial charge on any atom is 0.196 e. The third-order valence-electron chi connectivity index (χ3n) is 4.22. The minimum absolute atomic E-state index is 0.477. The summed E-state index contributed by atoms with van der Waals surface area (Å²) in [5.41, 5.74) is 3.86. The summed E-state index contributed by atoms with van der Waals surface area (Å²) in [4.78, 5) is 9.31. The normalized spacial score (nSPS) is 11.5. The molecule has 0 radical (unpaired) electrons. The molecular formula is C21H27N5O2. The Hall–Kier alpha value is -3.22. The first-order valence-electron chi connectivity index (χ1n) is 9.44. The van der Waals surface area contributed by atoms with Gasteiger partial charge in [0, 0.05) is 30.2 Å². The predicted octanol–water partition coefficient (Wildman–Crippen LogP) is 3.63. The van der Waals surface area contributed by atoms with Crippen LogP contribution in [0.15, 0.2) is 47.6 Å². The van der Waals surface area contributed by atoms with Crippen LogP contribution in [0.5, 0.6) is 11.5 Å². The van der Waals surface area contributed by atoms with Gasteiger partial charge in [-0.15, -0.1) is 0 Å². The zero-order chi connectivity index (χ0) is 19.9. The first-order chi connectivity index (χ1) is 13.6. The Labute approximate surface area is 165 Å². The fraction of sp³-hybridized carbons (Fsp3) is 0.333. The number of aryl methyl sites for hydroxylation is 1. The number of fused-ring (bicyclic) bond motifs is 1. The highest BCUT2D eigenvalue weighted by Gasteiger charge is 2.08. The highest BCUT2D eigenvalue weighted by molar-refractivity contribution is 5.93. The lowest BCUT2D eigenvalue weighted by Gasteiger charge is -2.14. The Balaban J connectivity index is 1.78. The zero-order valence-electron chi connectivity index (χ0n) is 16.8. The molecule has 0 aliphatic heterocycles. The van der Waals surface area contributed by atoms with Gasteiger partial charge in [-0.1, -0.05) is 6.07 Å². The highest BCUT2D eigenvalue weighted by atomic mass is 16.5. The first-order valence-corrected chi connectivity index (χ1v) is 9.44. The van der Waals surface area contributed by atoms with Crippen molar-refractivity contribution < 1.29 is 9.47 Å². The number of pyridine rings is 1. The average molecular weight is 381 g/mol. The molecule has 0 bridgehead atoms. The fourth-order valence-electron chi connectivity index (χ4n) is 2.90. The zero-order valence-corrected chi connectivity index (χ0v) is 16.8. The monoisotopic (exact) mass is 381 g/mol. The molecule has 0 fully saturated rings. The molecule has 0 spiro atoms. The van der Waals surface area contributed by atoms with Crippen LogP contribution in [0.4, 0.5) is 5.69 Å². The summed E-state index contributed by atoms with van der Waals surface area (Å²) in [6.07, 6.45) is 2.03. The smallest absolute Gasteiger partial charge is 0.196 e. The molecule has 3 aromatic rings.